The SMILES string of the molecule is COc1cc(C=O)c([N+](=O)[O-])cc1OCc1ccsc1. The number of hydrogen-bond acceptors (Lipinski definition) is 6. The van der Waals surface area contributed by atoms with Crippen LogP contribution in [-0.2, 0) is 6.61 Å². The Morgan fingerprint density at radius 2 is 2.20 bits per heavy atom. The maximum Gasteiger partial charge on any atom is 0.283 e. The van der Waals surface area contributed by atoms with Crippen molar-refractivity contribution >= 4 is 23.3 Å². The van der Waals surface area contributed by atoms with Crippen LogP contribution in [0.1, 0.15) is 15.9 Å². The van der Waals surface area contributed by atoms with Crippen molar-refractivity contribution in [3.8, 4) is 11.5 Å². The third-order valence-electron chi connectivity index (χ3n) is 2.61. The Bertz CT molecular complexity index is 624. The zero-order valence-electron chi connectivity index (χ0n) is 10.6. The van der Waals surface area contributed by atoms with Crippen LogP contribution in [0.4, 0.5) is 5.69 Å². The van der Waals surface area contributed by atoms with Crippen LogP contribution in [0.2, 0.25) is 0 Å². The number of hydrogen-bond donors (Lipinski definition) is 0. The second-order valence-corrected chi connectivity index (χ2v) is 4.64. The maximum absolute atomic E-state index is 10.9. The molecule has 0 unspecified atom stereocenters. The average Bonchev–Trinajstić information content (AvgIpc) is 2.97. The van der Waals surface area contributed by atoms with Crippen LogP contribution in [0, 0.1) is 10.1 Å². The molecule has 0 saturated carbocycles. The monoisotopic (exact) mass is 293 g/mol. The maximum atomic E-state index is 10.9. The first-order valence-corrected chi connectivity index (χ1v) is 6.55. The summed E-state index contributed by atoms with van der Waals surface area (Å²) in [7, 11) is 1.41. The molecule has 0 radical (unpaired) electrons. The molecule has 0 bridgehead atoms. The van der Waals surface area contributed by atoms with Crippen molar-refractivity contribution in [3.63, 3.8) is 0 Å². The number of carbonyl (C=O) groups is 1. The van der Waals surface area contributed by atoms with Gasteiger partial charge < -0.3 is 9.47 Å². The van der Waals surface area contributed by atoms with Crippen molar-refractivity contribution < 1.29 is 19.2 Å². The van der Waals surface area contributed by atoms with E-state index in [1.807, 2.05) is 16.8 Å². The van der Waals surface area contributed by atoms with E-state index < -0.39 is 4.92 Å². The van der Waals surface area contributed by atoms with Crippen molar-refractivity contribution in [2.24, 2.45) is 0 Å². The summed E-state index contributed by atoms with van der Waals surface area (Å²) in [6.45, 7) is 0.275. The Kier molecular flexibility index (Phi) is 4.31. The lowest BCUT2D eigenvalue weighted by atomic mass is 10.1. The van der Waals surface area contributed by atoms with Crippen LogP contribution >= 0.6 is 11.3 Å². The quantitative estimate of drug-likeness (QED) is 0.464. The Hall–Kier alpha value is -2.41. The molecule has 1 heterocycles. The van der Waals surface area contributed by atoms with Gasteiger partial charge in [-0.25, -0.2) is 0 Å². The Labute approximate surface area is 118 Å². The third kappa shape index (κ3) is 2.94. The van der Waals surface area contributed by atoms with Crippen molar-refractivity contribution in [1.82, 2.24) is 0 Å². The summed E-state index contributed by atoms with van der Waals surface area (Å²) in [4.78, 5) is 21.1. The molecule has 0 saturated heterocycles. The molecule has 7 heteroatoms. The van der Waals surface area contributed by atoms with Crippen molar-refractivity contribution in [3.05, 3.63) is 50.2 Å². The molecular formula is C13H11NO5S. The van der Waals surface area contributed by atoms with E-state index in [4.69, 9.17) is 9.47 Å². The van der Waals surface area contributed by atoms with E-state index in [0.29, 0.717) is 6.29 Å². The minimum absolute atomic E-state index is 0.0465. The van der Waals surface area contributed by atoms with Gasteiger partial charge in [-0.05, 0) is 22.4 Å². The van der Waals surface area contributed by atoms with Crippen LogP contribution in [0.3, 0.4) is 0 Å². The summed E-state index contributed by atoms with van der Waals surface area (Å²) in [5.74, 6) is 0.518. The van der Waals surface area contributed by atoms with Gasteiger partial charge in [0.2, 0.25) is 0 Å². The second kappa shape index (κ2) is 6.16. The first-order chi connectivity index (χ1) is 9.65. The van der Waals surface area contributed by atoms with Gasteiger partial charge in [-0.3, -0.25) is 14.9 Å². The summed E-state index contributed by atoms with van der Waals surface area (Å²) in [6.07, 6.45) is 0.420. The van der Waals surface area contributed by atoms with E-state index in [2.05, 4.69) is 0 Å². The minimum atomic E-state index is -0.624. The highest BCUT2D eigenvalue weighted by atomic mass is 32.1. The third-order valence-corrected chi connectivity index (χ3v) is 3.34. The molecule has 2 rings (SSSR count). The standard InChI is InChI=1S/C13H11NO5S/c1-18-12-4-10(6-15)11(14(16)17)5-13(12)19-7-9-2-3-20-8-9/h2-6,8H,7H2,1H3. The molecule has 104 valence electrons. The molecule has 0 atom stereocenters. The molecule has 0 amide bonds. The van der Waals surface area contributed by atoms with E-state index in [-0.39, 0.29) is 29.4 Å². The molecule has 0 spiro atoms. The van der Waals surface area contributed by atoms with Gasteiger partial charge in [0.15, 0.2) is 17.8 Å². The second-order valence-electron chi connectivity index (χ2n) is 3.86. The Morgan fingerprint density at radius 3 is 2.75 bits per heavy atom. The highest BCUT2D eigenvalue weighted by Crippen LogP contribution is 2.34. The Balaban J connectivity index is 2.32. The molecule has 1 aromatic heterocycles. The molecule has 20 heavy (non-hydrogen) atoms. The smallest absolute Gasteiger partial charge is 0.283 e. The number of ether oxygens (including phenoxy) is 2. The van der Waals surface area contributed by atoms with Crippen molar-refractivity contribution in [2.45, 2.75) is 6.61 Å². The number of aldehydes is 1. The van der Waals surface area contributed by atoms with Crippen molar-refractivity contribution in [1.29, 1.82) is 0 Å². The van der Waals surface area contributed by atoms with Gasteiger partial charge in [0, 0.05) is 6.07 Å². The van der Waals surface area contributed by atoms with Crippen molar-refractivity contribution in [2.75, 3.05) is 7.11 Å². The lowest BCUT2D eigenvalue weighted by Gasteiger charge is -2.10. The molecular weight excluding hydrogens is 282 g/mol. The average molecular weight is 293 g/mol. The molecule has 2 aromatic rings. The minimum Gasteiger partial charge on any atom is -0.493 e. The molecule has 1 aromatic carbocycles. The largest absolute Gasteiger partial charge is 0.493 e. The molecule has 0 fully saturated rings. The lowest BCUT2D eigenvalue weighted by molar-refractivity contribution is -0.385. The van der Waals surface area contributed by atoms with Crippen LogP contribution in [0.15, 0.2) is 29.0 Å². The predicted molar refractivity (Wildman–Crippen MR) is 73.7 cm³/mol. The van der Waals surface area contributed by atoms with Gasteiger partial charge in [0.05, 0.1) is 23.7 Å². The van der Waals surface area contributed by atoms with E-state index in [1.54, 1.807) is 0 Å². The number of rotatable bonds is 6. The summed E-state index contributed by atoms with van der Waals surface area (Å²) >= 11 is 1.53. The first-order valence-electron chi connectivity index (χ1n) is 5.61. The van der Waals surface area contributed by atoms with Gasteiger partial charge >= 0.3 is 0 Å². The number of carbonyl (C=O) groups excluding carboxylic acids is 1. The normalized spacial score (nSPS) is 10.1. The zero-order chi connectivity index (χ0) is 14.5. The van der Waals surface area contributed by atoms with Gasteiger partial charge in [0.1, 0.15) is 6.61 Å². The molecule has 0 aliphatic heterocycles. The number of nitro groups is 1. The fraction of sp³-hybridized carbons (Fsp3) is 0.154. The van der Waals surface area contributed by atoms with Crippen LogP contribution in [-0.4, -0.2) is 18.3 Å². The predicted octanol–water partition coefficient (Wildman–Crippen LogP) is 3.06. The Morgan fingerprint density at radius 1 is 1.40 bits per heavy atom. The highest BCUT2D eigenvalue weighted by Gasteiger charge is 2.19. The molecule has 0 aliphatic rings. The number of nitrogens with zero attached hydrogens (tertiary/aromatic N) is 1. The number of methoxy groups -OCH3 is 1. The van der Waals surface area contributed by atoms with E-state index in [0.717, 1.165) is 5.56 Å². The zero-order valence-corrected chi connectivity index (χ0v) is 11.4. The number of benzene rings is 1. The fourth-order valence-corrected chi connectivity index (χ4v) is 2.28. The van der Waals surface area contributed by atoms with E-state index in [1.165, 1.54) is 30.6 Å². The summed E-state index contributed by atoms with van der Waals surface area (Å²) in [5.41, 5.74) is 0.607. The van der Waals surface area contributed by atoms with Crippen LogP contribution in [0.5, 0.6) is 11.5 Å². The van der Waals surface area contributed by atoms with Gasteiger partial charge in [-0.2, -0.15) is 11.3 Å². The van der Waals surface area contributed by atoms with Crippen LogP contribution < -0.4 is 9.47 Å². The molecule has 0 N–H and O–H groups in total. The van der Waals surface area contributed by atoms with Gasteiger partial charge in [0.25, 0.3) is 5.69 Å². The molecule has 6 nitrogen and oxygen atoms in total. The number of nitro benzene ring substituents is 1. The van der Waals surface area contributed by atoms with E-state index >= 15 is 0 Å². The van der Waals surface area contributed by atoms with Gasteiger partial charge in [-0.1, -0.05) is 0 Å². The topological polar surface area (TPSA) is 78.7 Å². The highest BCUT2D eigenvalue weighted by molar-refractivity contribution is 7.07. The lowest BCUT2D eigenvalue weighted by Crippen LogP contribution is -2.01. The number of thiophene rings is 1. The summed E-state index contributed by atoms with van der Waals surface area (Å²) in [5, 5.41) is 14.7. The first kappa shape index (κ1) is 14.0. The molecule has 0 aliphatic carbocycles. The van der Waals surface area contributed by atoms with E-state index in [9.17, 15) is 14.9 Å². The summed E-state index contributed by atoms with van der Waals surface area (Å²) < 4.78 is 10.6. The summed E-state index contributed by atoms with van der Waals surface area (Å²) in [6, 6.07) is 4.40. The van der Waals surface area contributed by atoms with Gasteiger partial charge in [-0.15, -0.1) is 0 Å². The fourth-order valence-electron chi connectivity index (χ4n) is 1.63. The van der Waals surface area contributed by atoms with Crippen LogP contribution in [0.25, 0.3) is 0 Å².